The molecule has 0 aliphatic carbocycles. The molecule has 2 aliphatic rings. The Kier molecular flexibility index (Phi) is 5.63. The van der Waals surface area contributed by atoms with Gasteiger partial charge < -0.3 is 10.1 Å². The molecule has 2 fully saturated rings. The molecule has 3 rings (SSSR count). The predicted octanol–water partition coefficient (Wildman–Crippen LogP) is 3.42. The Morgan fingerprint density at radius 2 is 1.86 bits per heavy atom. The third-order valence-corrected chi connectivity index (χ3v) is 4.71. The normalized spacial score (nSPS) is 24.9. The van der Waals surface area contributed by atoms with Gasteiger partial charge in [-0.25, -0.2) is 0 Å². The first kappa shape index (κ1) is 17.8. The van der Waals surface area contributed by atoms with Crippen molar-refractivity contribution in [1.29, 1.82) is 0 Å². The van der Waals surface area contributed by atoms with Gasteiger partial charge in [0, 0.05) is 19.6 Å². The highest BCUT2D eigenvalue weighted by Gasteiger charge is 2.36. The van der Waals surface area contributed by atoms with Gasteiger partial charge >= 0.3 is 6.36 Å². The Morgan fingerprint density at radius 1 is 1.23 bits per heavy atom. The van der Waals surface area contributed by atoms with E-state index in [0.29, 0.717) is 16.3 Å². The third kappa shape index (κ3) is 4.28. The lowest BCUT2D eigenvalue weighted by Crippen LogP contribution is -2.25. The molecule has 1 N–H and O–H groups in total. The first-order valence-electron chi connectivity index (χ1n) is 6.88. The fourth-order valence-corrected chi connectivity index (χ4v) is 3.70. The van der Waals surface area contributed by atoms with Crippen LogP contribution in [-0.4, -0.2) is 37.4 Å². The molecule has 124 valence electrons. The molecule has 3 nitrogen and oxygen atoms in total. The molecule has 0 unspecified atom stereocenters. The average molecular weight is 402 g/mol. The van der Waals surface area contributed by atoms with E-state index in [0.717, 1.165) is 38.3 Å². The average Bonchev–Trinajstić information content (AvgIpc) is 2.92. The van der Waals surface area contributed by atoms with Gasteiger partial charge in [0.2, 0.25) is 0 Å². The number of halogens is 5. The van der Waals surface area contributed by atoms with Gasteiger partial charge in [0.15, 0.2) is 0 Å². The Bertz CT molecular complexity index is 517. The second kappa shape index (κ2) is 6.95. The largest absolute Gasteiger partial charge is 0.573 e. The van der Waals surface area contributed by atoms with Crippen molar-refractivity contribution in [2.45, 2.75) is 12.9 Å². The molecule has 8 heteroatoms. The number of ether oxygens (including phenoxy) is 1. The molecule has 2 aliphatic heterocycles. The Balaban J connectivity index is 0.00000176. The van der Waals surface area contributed by atoms with Crippen molar-refractivity contribution in [2.75, 3.05) is 26.2 Å². The van der Waals surface area contributed by atoms with E-state index in [1.165, 1.54) is 6.07 Å². The van der Waals surface area contributed by atoms with E-state index in [2.05, 4.69) is 30.9 Å². The van der Waals surface area contributed by atoms with Crippen molar-refractivity contribution >= 4 is 28.3 Å². The van der Waals surface area contributed by atoms with Crippen LogP contribution >= 0.6 is 28.3 Å². The summed E-state index contributed by atoms with van der Waals surface area (Å²) in [6.45, 7) is 5.01. The number of hydrogen-bond acceptors (Lipinski definition) is 3. The predicted molar refractivity (Wildman–Crippen MR) is 83.2 cm³/mol. The summed E-state index contributed by atoms with van der Waals surface area (Å²) in [5.74, 6) is 1.22. The molecular formula is C14H17BrClF3N2O. The second-order valence-corrected chi connectivity index (χ2v) is 6.54. The maximum Gasteiger partial charge on any atom is 0.573 e. The summed E-state index contributed by atoms with van der Waals surface area (Å²) in [5.41, 5.74) is 0.990. The molecule has 0 bridgehead atoms. The first-order chi connectivity index (χ1) is 9.90. The smallest absolute Gasteiger partial charge is 0.405 e. The maximum absolute atomic E-state index is 12.2. The SMILES string of the molecule is Cl.FC(F)(F)Oc1ccc(CN2C[C@H]3CNC[C@H]3C2)cc1Br. The molecule has 2 saturated heterocycles. The number of nitrogens with zero attached hydrogens (tertiary/aromatic N) is 1. The standard InChI is InChI=1S/C14H16BrF3N2O.ClH/c15-12-3-9(1-2-13(12)21-14(16,17)18)6-20-7-10-4-19-5-11(10)8-20;/h1-3,10-11,19H,4-8H2;1H/t10-,11+;. The summed E-state index contributed by atoms with van der Waals surface area (Å²) in [7, 11) is 0. The van der Waals surface area contributed by atoms with E-state index in [1.54, 1.807) is 12.1 Å². The summed E-state index contributed by atoms with van der Waals surface area (Å²) in [4.78, 5) is 2.36. The lowest BCUT2D eigenvalue weighted by molar-refractivity contribution is -0.274. The highest BCUT2D eigenvalue weighted by molar-refractivity contribution is 9.10. The second-order valence-electron chi connectivity index (χ2n) is 5.69. The van der Waals surface area contributed by atoms with Crippen LogP contribution in [0.2, 0.25) is 0 Å². The van der Waals surface area contributed by atoms with E-state index >= 15 is 0 Å². The Labute approximate surface area is 141 Å². The van der Waals surface area contributed by atoms with E-state index < -0.39 is 6.36 Å². The lowest BCUT2D eigenvalue weighted by atomic mass is 10.0. The van der Waals surface area contributed by atoms with Gasteiger partial charge in [-0.3, -0.25) is 4.90 Å². The van der Waals surface area contributed by atoms with Gasteiger partial charge in [-0.2, -0.15) is 0 Å². The van der Waals surface area contributed by atoms with Gasteiger partial charge in [-0.1, -0.05) is 6.07 Å². The molecule has 0 aromatic heterocycles. The Hall–Kier alpha value is -0.500. The molecule has 2 heterocycles. The quantitative estimate of drug-likeness (QED) is 0.840. The van der Waals surface area contributed by atoms with Crippen molar-refractivity contribution in [1.82, 2.24) is 10.2 Å². The van der Waals surface area contributed by atoms with Gasteiger partial charge in [0.1, 0.15) is 5.75 Å². The highest BCUT2D eigenvalue weighted by atomic mass is 79.9. The van der Waals surface area contributed by atoms with Crippen LogP contribution in [0.5, 0.6) is 5.75 Å². The van der Waals surface area contributed by atoms with Crippen LogP contribution < -0.4 is 10.1 Å². The lowest BCUT2D eigenvalue weighted by Gasteiger charge is -2.18. The number of nitrogens with one attached hydrogen (secondary N) is 1. The number of rotatable bonds is 3. The number of benzene rings is 1. The maximum atomic E-state index is 12.2. The molecule has 0 radical (unpaired) electrons. The molecule has 0 saturated carbocycles. The minimum absolute atomic E-state index is 0. The van der Waals surface area contributed by atoms with Gasteiger partial charge in [-0.05, 0) is 58.6 Å². The monoisotopic (exact) mass is 400 g/mol. The number of fused-ring (bicyclic) bond motifs is 1. The van der Waals surface area contributed by atoms with Crippen LogP contribution in [0.4, 0.5) is 13.2 Å². The number of alkyl halides is 3. The van der Waals surface area contributed by atoms with Crippen LogP contribution in [0.1, 0.15) is 5.56 Å². The van der Waals surface area contributed by atoms with Gasteiger partial charge in [0.05, 0.1) is 4.47 Å². The Morgan fingerprint density at radius 3 is 2.41 bits per heavy atom. The molecule has 0 amide bonds. The molecule has 0 spiro atoms. The zero-order valence-corrected chi connectivity index (χ0v) is 14.1. The highest BCUT2D eigenvalue weighted by Crippen LogP contribution is 2.32. The summed E-state index contributed by atoms with van der Waals surface area (Å²) < 4.78 is 41.0. The van der Waals surface area contributed by atoms with Crippen molar-refractivity contribution < 1.29 is 17.9 Å². The minimum Gasteiger partial charge on any atom is -0.405 e. The zero-order valence-electron chi connectivity index (χ0n) is 11.7. The summed E-state index contributed by atoms with van der Waals surface area (Å²) in [6.07, 6.45) is -4.66. The van der Waals surface area contributed by atoms with Crippen LogP contribution in [0.25, 0.3) is 0 Å². The summed E-state index contributed by atoms with van der Waals surface area (Å²) >= 11 is 3.14. The van der Waals surface area contributed by atoms with Crippen molar-refractivity contribution in [3.05, 3.63) is 28.2 Å². The fourth-order valence-electron chi connectivity index (χ4n) is 3.19. The number of hydrogen-bond donors (Lipinski definition) is 1. The van der Waals surface area contributed by atoms with E-state index in [9.17, 15) is 13.2 Å². The van der Waals surface area contributed by atoms with E-state index in [1.807, 2.05) is 0 Å². The van der Waals surface area contributed by atoms with Crippen LogP contribution in [-0.2, 0) is 6.54 Å². The van der Waals surface area contributed by atoms with E-state index in [4.69, 9.17) is 0 Å². The molecule has 2 atom stereocenters. The van der Waals surface area contributed by atoms with Crippen LogP contribution in [0, 0.1) is 11.8 Å². The first-order valence-corrected chi connectivity index (χ1v) is 7.67. The van der Waals surface area contributed by atoms with Gasteiger partial charge in [-0.15, -0.1) is 25.6 Å². The minimum atomic E-state index is -4.66. The number of likely N-dealkylation sites (tertiary alicyclic amines) is 1. The zero-order chi connectivity index (χ0) is 15.0. The van der Waals surface area contributed by atoms with Crippen molar-refractivity contribution in [2.24, 2.45) is 11.8 Å². The van der Waals surface area contributed by atoms with Crippen LogP contribution in [0.3, 0.4) is 0 Å². The summed E-state index contributed by atoms with van der Waals surface area (Å²) in [5, 5.41) is 3.39. The molecular weight excluding hydrogens is 385 g/mol. The molecule has 1 aromatic carbocycles. The topological polar surface area (TPSA) is 24.5 Å². The van der Waals surface area contributed by atoms with E-state index in [-0.39, 0.29) is 18.2 Å². The summed E-state index contributed by atoms with van der Waals surface area (Å²) in [6, 6.07) is 4.76. The van der Waals surface area contributed by atoms with Gasteiger partial charge in [0.25, 0.3) is 0 Å². The van der Waals surface area contributed by atoms with Crippen LogP contribution in [0.15, 0.2) is 22.7 Å². The molecule has 22 heavy (non-hydrogen) atoms. The van der Waals surface area contributed by atoms with Crippen molar-refractivity contribution in [3.63, 3.8) is 0 Å². The fraction of sp³-hybridized carbons (Fsp3) is 0.571. The van der Waals surface area contributed by atoms with Crippen molar-refractivity contribution in [3.8, 4) is 5.75 Å². The molecule has 1 aromatic rings. The third-order valence-electron chi connectivity index (χ3n) is 4.09.